The number of nitriles is 1. The summed E-state index contributed by atoms with van der Waals surface area (Å²) in [7, 11) is 0. The lowest BCUT2D eigenvalue weighted by molar-refractivity contribution is -0.907. The van der Waals surface area contributed by atoms with Gasteiger partial charge in [0.25, 0.3) is 5.91 Å². The summed E-state index contributed by atoms with van der Waals surface area (Å²) >= 11 is 0. The maximum absolute atomic E-state index is 12.8. The van der Waals surface area contributed by atoms with E-state index in [0.29, 0.717) is 24.5 Å². The van der Waals surface area contributed by atoms with Crippen molar-refractivity contribution < 1.29 is 14.4 Å². The lowest BCUT2D eigenvalue weighted by Gasteiger charge is -2.31. The molecule has 1 aliphatic rings. The first-order chi connectivity index (χ1) is 13.4. The molecule has 2 heterocycles. The Morgan fingerprint density at radius 1 is 1.25 bits per heavy atom. The highest BCUT2D eigenvalue weighted by Crippen LogP contribution is 2.27. The highest BCUT2D eigenvalue weighted by molar-refractivity contribution is 5.92. The Hall–Kier alpha value is -2.62. The van der Waals surface area contributed by atoms with E-state index in [0.717, 1.165) is 29.9 Å². The lowest BCUT2D eigenvalue weighted by Crippen LogP contribution is -3.16. The van der Waals surface area contributed by atoms with Crippen LogP contribution in [-0.4, -0.2) is 42.3 Å². The van der Waals surface area contributed by atoms with E-state index < -0.39 is 0 Å². The van der Waals surface area contributed by atoms with Gasteiger partial charge in [0.1, 0.15) is 37.2 Å². The number of anilines is 1. The maximum atomic E-state index is 12.8. The molecule has 28 heavy (non-hydrogen) atoms. The normalized spacial score (nSPS) is 21.9. The SMILES string of the molecule is Cc1c(C#N)c(NC(=O)C[NH+]2C[C@@H](C)O[C@@H](C)C2)n(Cc2ccccc2)c1C. The summed E-state index contributed by atoms with van der Waals surface area (Å²) in [6.45, 7) is 10.6. The van der Waals surface area contributed by atoms with Crippen molar-refractivity contribution in [2.75, 3.05) is 25.0 Å². The summed E-state index contributed by atoms with van der Waals surface area (Å²) < 4.78 is 7.79. The maximum Gasteiger partial charge on any atom is 0.280 e. The van der Waals surface area contributed by atoms with Crippen molar-refractivity contribution in [1.82, 2.24) is 4.57 Å². The predicted molar refractivity (Wildman–Crippen MR) is 108 cm³/mol. The van der Waals surface area contributed by atoms with Gasteiger partial charge in [-0.2, -0.15) is 5.26 Å². The Morgan fingerprint density at radius 2 is 1.89 bits per heavy atom. The number of nitrogens with zero attached hydrogens (tertiary/aromatic N) is 2. The number of hydrogen-bond donors (Lipinski definition) is 2. The van der Waals surface area contributed by atoms with E-state index in [1.54, 1.807) is 0 Å². The highest BCUT2D eigenvalue weighted by atomic mass is 16.5. The van der Waals surface area contributed by atoms with Crippen molar-refractivity contribution in [2.45, 2.75) is 46.4 Å². The second kappa shape index (κ2) is 8.59. The zero-order valence-corrected chi connectivity index (χ0v) is 17.1. The minimum absolute atomic E-state index is 0.0698. The van der Waals surface area contributed by atoms with Crippen LogP contribution in [0.2, 0.25) is 0 Å². The van der Waals surface area contributed by atoms with Gasteiger partial charge < -0.3 is 19.5 Å². The van der Waals surface area contributed by atoms with Crippen LogP contribution >= 0.6 is 0 Å². The van der Waals surface area contributed by atoms with Gasteiger partial charge in [0, 0.05) is 12.2 Å². The van der Waals surface area contributed by atoms with Crippen LogP contribution in [0.4, 0.5) is 5.82 Å². The van der Waals surface area contributed by atoms with Crippen molar-refractivity contribution in [3.8, 4) is 6.07 Å². The van der Waals surface area contributed by atoms with E-state index in [1.165, 1.54) is 4.90 Å². The number of hydrogen-bond acceptors (Lipinski definition) is 3. The second-order valence-electron chi connectivity index (χ2n) is 7.76. The summed E-state index contributed by atoms with van der Waals surface area (Å²) in [5.74, 6) is 0.528. The molecule has 3 rings (SSSR count). The largest absolute Gasteiger partial charge is 0.364 e. The van der Waals surface area contributed by atoms with Crippen molar-refractivity contribution in [1.29, 1.82) is 5.26 Å². The Balaban J connectivity index is 1.81. The zero-order valence-electron chi connectivity index (χ0n) is 17.1. The number of benzene rings is 1. The molecule has 1 aliphatic heterocycles. The standard InChI is InChI=1S/C22H28N4O2/c1-15-11-25(12-16(2)28-15)14-21(27)24-22-20(10-23)17(3)18(4)26(22)13-19-8-6-5-7-9-19/h5-9,15-16H,11-14H2,1-4H3,(H,24,27)/p+1/t15-,16+. The number of rotatable bonds is 5. The van der Waals surface area contributed by atoms with Crippen LogP contribution in [0.1, 0.15) is 36.2 Å². The van der Waals surface area contributed by atoms with E-state index in [-0.39, 0.29) is 18.1 Å². The highest BCUT2D eigenvalue weighted by Gasteiger charge is 2.28. The molecular formula is C22H29N4O2+. The fourth-order valence-corrected chi connectivity index (χ4v) is 4.03. The molecule has 0 bridgehead atoms. The monoisotopic (exact) mass is 381 g/mol. The molecule has 1 unspecified atom stereocenters. The quantitative estimate of drug-likeness (QED) is 0.827. The van der Waals surface area contributed by atoms with Gasteiger partial charge in [-0.3, -0.25) is 4.79 Å². The van der Waals surface area contributed by atoms with Crippen LogP contribution < -0.4 is 10.2 Å². The first-order valence-corrected chi connectivity index (χ1v) is 9.81. The first-order valence-electron chi connectivity index (χ1n) is 9.81. The molecule has 6 heteroatoms. The van der Waals surface area contributed by atoms with Gasteiger partial charge in [0.15, 0.2) is 6.54 Å². The lowest BCUT2D eigenvalue weighted by atomic mass is 10.2. The summed E-state index contributed by atoms with van der Waals surface area (Å²) in [5, 5.41) is 12.7. The third-order valence-corrected chi connectivity index (χ3v) is 5.41. The van der Waals surface area contributed by atoms with Crippen LogP contribution in [-0.2, 0) is 16.1 Å². The van der Waals surface area contributed by atoms with Crippen LogP contribution in [0.25, 0.3) is 0 Å². The predicted octanol–water partition coefficient (Wildman–Crippen LogP) is 1.66. The van der Waals surface area contributed by atoms with Gasteiger partial charge in [0.2, 0.25) is 0 Å². The molecule has 148 valence electrons. The number of carbonyl (C=O) groups excluding carboxylic acids is 1. The molecule has 1 amide bonds. The molecule has 3 atom stereocenters. The van der Waals surface area contributed by atoms with Crippen LogP contribution in [0.3, 0.4) is 0 Å². The average Bonchev–Trinajstić information content (AvgIpc) is 2.85. The molecule has 0 aliphatic carbocycles. The molecule has 1 saturated heterocycles. The third kappa shape index (κ3) is 4.44. The van der Waals surface area contributed by atoms with Gasteiger partial charge in [-0.15, -0.1) is 0 Å². The number of amides is 1. The second-order valence-corrected chi connectivity index (χ2v) is 7.76. The molecular weight excluding hydrogens is 352 g/mol. The van der Waals surface area contributed by atoms with Crippen molar-refractivity contribution in [3.05, 3.63) is 52.7 Å². The van der Waals surface area contributed by atoms with Crippen LogP contribution in [0, 0.1) is 25.2 Å². The molecule has 0 radical (unpaired) electrons. The van der Waals surface area contributed by atoms with E-state index >= 15 is 0 Å². The van der Waals surface area contributed by atoms with E-state index in [1.807, 2.05) is 62.6 Å². The van der Waals surface area contributed by atoms with Gasteiger partial charge >= 0.3 is 0 Å². The molecule has 1 fully saturated rings. The van der Waals surface area contributed by atoms with Gasteiger partial charge in [-0.25, -0.2) is 0 Å². The number of morpholine rings is 1. The number of ether oxygens (including phenoxy) is 1. The summed E-state index contributed by atoms with van der Waals surface area (Å²) in [5.41, 5.74) is 3.58. The minimum Gasteiger partial charge on any atom is -0.364 e. The smallest absolute Gasteiger partial charge is 0.280 e. The number of carbonyl (C=O) groups is 1. The number of nitrogens with one attached hydrogen (secondary N) is 2. The Morgan fingerprint density at radius 3 is 2.50 bits per heavy atom. The van der Waals surface area contributed by atoms with E-state index in [9.17, 15) is 10.1 Å². The molecule has 1 aromatic carbocycles. The molecule has 2 aromatic rings. The van der Waals surface area contributed by atoms with Crippen molar-refractivity contribution in [3.63, 3.8) is 0 Å². The number of quaternary nitrogens is 1. The minimum atomic E-state index is -0.0698. The fourth-order valence-electron chi connectivity index (χ4n) is 4.03. The molecule has 0 saturated carbocycles. The fraction of sp³-hybridized carbons (Fsp3) is 0.455. The van der Waals surface area contributed by atoms with E-state index in [2.05, 4.69) is 11.4 Å². The Kier molecular flexibility index (Phi) is 6.18. The van der Waals surface area contributed by atoms with Gasteiger partial charge in [0.05, 0.1) is 5.56 Å². The van der Waals surface area contributed by atoms with E-state index in [4.69, 9.17) is 4.74 Å². The Bertz CT molecular complexity index is 872. The summed E-state index contributed by atoms with van der Waals surface area (Å²) in [6, 6.07) is 12.3. The summed E-state index contributed by atoms with van der Waals surface area (Å²) in [4.78, 5) is 14.0. The topological polar surface area (TPSA) is 71.5 Å². The van der Waals surface area contributed by atoms with Gasteiger partial charge in [-0.1, -0.05) is 30.3 Å². The average molecular weight is 382 g/mol. The van der Waals surface area contributed by atoms with Crippen LogP contribution in [0.5, 0.6) is 0 Å². The molecule has 2 N–H and O–H groups in total. The first kappa shape index (κ1) is 20.1. The van der Waals surface area contributed by atoms with Crippen LogP contribution in [0.15, 0.2) is 30.3 Å². The summed E-state index contributed by atoms with van der Waals surface area (Å²) in [6.07, 6.45) is 0.292. The third-order valence-electron chi connectivity index (χ3n) is 5.41. The molecule has 1 aromatic heterocycles. The number of aromatic nitrogens is 1. The van der Waals surface area contributed by atoms with Crippen molar-refractivity contribution in [2.24, 2.45) is 0 Å². The Labute approximate surface area is 166 Å². The molecule has 6 nitrogen and oxygen atoms in total. The zero-order chi connectivity index (χ0) is 20.3. The van der Waals surface area contributed by atoms with Crippen molar-refractivity contribution >= 4 is 11.7 Å². The molecule has 0 spiro atoms. The van der Waals surface area contributed by atoms with Gasteiger partial charge in [-0.05, 0) is 38.8 Å².